The number of carbonyl (C=O) groups excluding carboxylic acids is 2. The molecule has 0 radical (unpaired) electrons. The molecule has 0 saturated carbocycles. The molecule has 33 heavy (non-hydrogen) atoms. The summed E-state index contributed by atoms with van der Waals surface area (Å²) in [7, 11) is 0. The van der Waals surface area contributed by atoms with Gasteiger partial charge in [-0.3, -0.25) is 0 Å². The van der Waals surface area contributed by atoms with Gasteiger partial charge in [-0.05, 0) is 0 Å². The van der Waals surface area contributed by atoms with E-state index in [1.54, 1.807) is 13.8 Å². The Morgan fingerprint density at radius 2 is 1.15 bits per heavy atom. The number of carbonyl (C=O) groups is 2. The van der Waals surface area contributed by atoms with E-state index in [0.717, 1.165) is 35.1 Å². The Hall–Kier alpha value is -2.95. The van der Waals surface area contributed by atoms with E-state index >= 15 is 0 Å². The van der Waals surface area contributed by atoms with Crippen molar-refractivity contribution in [3.8, 4) is 0 Å². The fourth-order valence-electron chi connectivity index (χ4n) is 5.34. The van der Waals surface area contributed by atoms with Gasteiger partial charge in [0.25, 0.3) is 0 Å². The molecule has 2 aromatic rings. The van der Waals surface area contributed by atoms with Crippen LogP contribution in [0, 0.1) is 0 Å². The van der Waals surface area contributed by atoms with Gasteiger partial charge in [-0.2, -0.15) is 0 Å². The van der Waals surface area contributed by atoms with Gasteiger partial charge in [0.05, 0.1) is 0 Å². The first-order chi connectivity index (χ1) is 15.8. The fraction of sp³-hybridized carbons (Fsp3) is 0.214. The van der Waals surface area contributed by atoms with E-state index in [-0.39, 0.29) is 8.45 Å². The Balaban J connectivity index is 1.80. The first-order valence-corrected chi connectivity index (χ1v) is 14.3. The predicted molar refractivity (Wildman–Crippen MR) is 125 cm³/mol. The Labute approximate surface area is 198 Å². The van der Waals surface area contributed by atoms with Crippen molar-refractivity contribution >= 4 is 24.1 Å². The normalized spacial score (nSPS) is 21.3. The third kappa shape index (κ3) is 3.49. The van der Waals surface area contributed by atoms with E-state index in [2.05, 4.69) is 49.6 Å². The summed E-state index contributed by atoms with van der Waals surface area (Å²) in [5, 5.41) is 0. The third-order valence-corrected chi connectivity index (χ3v) is 13.0. The van der Waals surface area contributed by atoms with E-state index < -0.39 is 29.3 Å². The summed E-state index contributed by atoms with van der Waals surface area (Å²) in [4.78, 5) is 26.3. The van der Waals surface area contributed by atoms with Crippen LogP contribution < -0.4 is 0 Å². The van der Waals surface area contributed by atoms with Gasteiger partial charge >= 0.3 is 199 Å². The topological polar surface area (TPSA) is 52.6 Å². The number of benzene rings is 2. The van der Waals surface area contributed by atoms with Crippen molar-refractivity contribution in [3.05, 3.63) is 106 Å². The Kier molecular flexibility index (Phi) is 5.39. The van der Waals surface area contributed by atoms with Crippen molar-refractivity contribution < 1.29 is 33.6 Å². The van der Waals surface area contributed by atoms with Crippen molar-refractivity contribution in [1.29, 1.82) is 0 Å². The first kappa shape index (κ1) is 21.9. The maximum atomic E-state index is 13.2. The summed E-state index contributed by atoms with van der Waals surface area (Å²) >= 11 is -4.44. The Morgan fingerprint density at radius 3 is 1.55 bits per heavy atom. The van der Waals surface area contributed by atoms with Gasteiger partial charge in [-0.1, -0.05) is 0 Å². The molecular weight excluding hydrogens is 448 g/mol. The summed E-state index contributed by atoms with van der Waals surface area (Å²) in [6.07, 6.45) is 6.04. The van der Waals surface area contributed by atoms with Crippen LogP contribution in [0.2, 0.25) is 0 Å². The van der Waals surface area contributed by atoms with Crippen molar-refractivity contribution in [2.75, 3.05) is 0 Å². The fourth-order valence-corrected chi connectivity index (χ4v) is 12.6. The van der Waals surface area contributed by atoms with Gasteiger partial charge in [-0.15, -0.1) is 0 Å². The van der Waals surface area contributed by atoms with Crippen molar-refractivity contribution in [2.45, 2.75) is 35.1 Å². The zero-order valence-electron chi connectivity index (χ0n) is 18.9. The van der Waals surface area contributed by atoms with Crippen molar-refractivity contribution in [1.82, 2.24) is 0 Å². The molecule has 0 N–H and O–H groups in total. The molecule has 2 aliphatic carbocycles. The number of rotatable bonds is 4. The molecule has 5 rings (SSSR count). The Morgan fingerprint density at radius 1 is 0.758 bits per heavy atom. The summed E-state index contributed by atoms with van der Waals surface area (Å²) in [5.74, 6) is -1.00. The van der Waals surface area contributed by atoms with Crippen LogP contribution in [0.1, 0.15) is 57.4 Å². The van der Waals surface area contributed by atoms with Crippen molar-refractivity contribution in [3.63, 3.8) is 0 Å². The van der Waals surface area contributed by atoms with Crippen LogP contribution in [-0.4, -0.2) is 11.9 Å². The molecule has 1 saturated heterocycles. The third-order valence-electron chi connectivity index (χ3n) is 6.75. The molecule has 2 aromatic carbocycles. The van der Waals surface area contributed by atoms with Crippen LogP contribution >= 0.6 is 0 Å². The van der Waals surface area contributed by atoms with Gasteiger partial charge in [0.1, 0.15) is 0 Å². The zero-order chi connectivity index (χ0) is 23.3. The van der Waals surface area contributed by atoms with E-state index in [1.807, 2.05) is 24.3 Å². The molecule has 0 amide bonds. The summed E-state index contributed by atoms with van der Waals surface area (Å²) in [5.41, 5.74) is 7.28. The van der Waals surface area contributed by atoms with Gasteiger partial charge in [0, 0.05) is 0 Å². The van der Waals surface area contributed by atoms with E-state index in [9.17, 15) is 9.59 Å². The Bertz CT molecular complexity index is 1180. The van der Waals surface area contributed by atoms with Gasteiger partial charge < -0.3 is 0 Å². The van der Waals surface area contributed by atoms with E-state index in [1.165, 1.54) is 11.1 Å². The van der Waals surface area contributed by atoms with Gasteiger partial charge in [0.15, 0.2) is 0 Å². The molecule has 4 nitrogen and oxygen atoms in total. The van der Waals surface area contributed by atoms with Crippen LogP contribution in [-0.2, 0) is 33.6 Å². The van der Waals surface area contributed by atoms with Gasteiger partial charge in [0.2, 0.25) is 0 Å². The number of fused-ring (bicyclic) bond motifs is 6. The predicted octanol–water partition coefficient (Wildman–Crippen LogP) is 6.28. The van der Waals surface area contributed by atoms with Gasteiger partial charge in [-0.25, -0.2) is 0 Å². The monoisotopic (exact) mass is 474 g/mol. The number of hydrogen-bond donors (Lipinski definition) is 0. The molecule has 0 aromatic heterocycles. The second kappa shape index (κ2) is 8.12. The first-order valence-electron chi connectivity index (χ1n) is 11.2. The quantitative estimate of drug-likeness (QED) is 0.387. The average molecular weight is 474 g/mol. The van der Waals surface area contributed by atoms with Crippen LogP contribution in [0.3, 0.4) is 0 Å². The van der Waals surface area contributed by atoms with E-state index in [4.69, 9.17) is 6.64 Å². The standard InChI is InChI=1S/C20H16.2C4H6O2.Ti/c1-2-6-18-12-15(11-17(18)5-1)9-10-16-13-19-7-3-4-8-20(19)14-16;2*1-3(2)4(5)6;/h1-8,11-14H,9-10H2;2*1H2,2H3,(H,5,6);/q;;;+2/p-2. The molecule has 5 heteroatoms. The molecule has 2 atom stereocenters. The van der Waals surface area contributed by atoms with Crippen LogP contribution in [0.25, 0.3) is 12.2 Å². The minimum absolute atomic E-state index is 0.241. The second-order valence-electron chi connectivity index (χ2n) is 9.12. The SMILES string of the molecule is C=C(C)C(=O)[O][Ti]1([O]C(=O)C(=C)C)[CH]2C(=Cc3ccccc32)CCC2=Cc3ccccc3[CH]21. The summed E-state index contributed by atoms with van der Waals surface area (Å²) in [6.45, 7) is 10.9. The molecule has 3 aliphatic rings. The van der Waals surface area contributed by atoms with Crippen LogP contribution in [0.5, 0.6) is 0 Å². The molecule has 1 aliphatic heterocycles. The minimum atomic E-state index is -4.44. The summed E-state index contributed by atoms with van der Waals surface area (Å²) in [6, 6.07) is 16.3. The van der Waals surface area contributed by atoms with Crippen LogP contribution in [0.4, 0.5) is 0 Å². The van der Waals surface area contributed by atoms with Crippen LogP contribution in [0.15, 0.2) is 84.0 Å². The molecule has 1 heterocycles. The van der Waals surface area contributed by atoms with Crippen molar-refractivity contribution in [2.24, 2.45) is 0 Å². The molecule has 1 fully saturated rings. The molecule has 2 unspecified atom stereocenters. The van der Waals surface area contributed by atoms with E-state index in [0.29, 0.717) is 11.1 Å². The average Bonchev–Trinajstić information content (AvgIpc) is 3.32. The number of allylic oxidation sites excluding steroid dienone is 2. The molecule has 0 bridgehead atoms. The number of hydrogen-bond acceptors (Lipinski definition) is 4. The molecule has 166 valence electrons. The molecule has 0 spiro atoms. The summed E-state index contributed by atoms with van der Waals surface area (Å²) < 4.78 is 12.5. The second-order valence-corrected chi connectivity index (χ2v) is 13.8. The maximum absolute atomic E-state index is 13.2. The molecular formula is C28H26O4Ti. The zero-order valence-corrected chi connectivity index (χ0v) is 20.5.